The summed E-state index contributed by atoms with van der Waals surface area (Å²) in [6.07, 6.45) is 6.65. The SMILES string of the molecule is COc1cccc(CN(C(=O)C2=C(c3ccc(CCCOc4c(F)ccc(F)c4Cl)cc3)CC3CC(C(=O)N4CCCC4CO)CC2N3)C2CC2)c1C. The van der Waals surface area contributed by atoms with Crippen molar-refractivity contribution in [3.63, 3.8) is 0 Å². The summed E-state index contributed by atoms with van der Waals surface area (Å²) in [4.78, 5) is 32.8. The molecule has 2 N–H and O–H groups in total. The lowest BCUT2D eigenvalue weighted by Gasteiger charge is -2.44. The highest BCUT2D eigenvalue weighted by Gasteiger charge is 2.46. The minimum absolute atomic E-state index is 0.00708. The van der Waals surface area contributed by atoms with Crippen LogP contribution in [0.1, 0.15) is 73.6 Å². The fraction of sp³-hybridized carbons (Fsp3) is 0.476. The van der Waals surface area contributed by atoms with Crippen molar-refractivity contribution < 1.29 is 33.0 Å². The fourth-order valence-corrected chi connectivity index (χ4v) is 8.67. The Hall–Kier alpha value is -3.99. The first-order chi connectivity index (χ1) is 25.7. The number of aliphatic hydroxyl groups excluding tert-OH is 1. The second-order valence-corrected chi connectivity index (χ2v) is 15.3. The van der Waals surface area contributed by atoms with Gasteiger partial charge in [-0.25, -0.2) is 8.78 Å². The molecule has 2 amide bonds. The van der Waals surface area contributed by atoms with Gasteiger partial charge in [0.25, 0.3) is 5.91 Å². The first-order valence-corrected chi connectivity index (χ1v) is 19.2. The molecule has 0 spiro atoms. The summed E-state index contributed by atoms with van der Waals surface area (Å²) in [6.45, 7) is 3.30. The third-order valence-corrected chi connectivity index (χ3v) is 11.8. The standard InChI is InChI=1S/C42H48ClF2N3O5/c1-25-28(7-3-9-37(25)52-2)23-48(31-14-15-31)42(51)38-33(22-30-20-29(21-36(38)46-30)41(50)47-18-4-8-32(47)24-49)27-12-10-26(11-13-27)6-5-19-53-40-35(45)17-16-34(44)39(40)43/h3,7,9-13,16-17,29-32,36,46,49H,4-6,8,14-15,18-24H2,1-2H3. The average Bonchev–Trinajstić information content (AvgIpc) is 3.90. The zero-order valence-corrected chi connectivity index (χ0v) is 31.1. The highest BCUT2D eigenvalue weighted by Crippen LogP contribution is 2.42. The zero-order chi connectivity index (χ0) is 37.2. The zero-order valence-electron chi connectivity index (χ0n) is 30.4. The van der Waals surface area contributed by atoms with Crippen molar-refractivity contribution in [1.29, 1.82) is 0 Å². The van der Waals surface area contributed by atoms with Crippen molar-refractivity contribution in [1.82, 2.24) is 15.1 Å². The van der Waals surface area contributed by atoms with E-state index in [1.165, 1.54) is 0 Å². The van der Waals surface area contributed by atoms with E-state index in [4.69, 9.17) is 21.1 Å². The van der Waals surface area contributed by atoms with Gasteiger partial charge in [-0.3, -0.25) is 9.59 Å². The number of hydrogen-bond acceptors (Lipinski definition) is 6. The minimum Gasteiger partial charge on any atom is -0.496 e. The van der Waals surface area contributed by atoms with Gasteiger partial charge in [-0.15, -0.1) is 0 Å². The van der Waals surface area contributed by atoms with Gasteiger partial charge in [0.2, 0.25) is 5.91 Å². The minimum atomic E-state index is -0.729. The summed E-state index contributed by atoms with van der Waals surface area (Å²) in [5.74, 6) is -1.04. The molecule has 0 radical (unpaired) electrons. The molecule has 7 rings (SSSR count). The summed E-state index contributed by atoms with van der Waals surface area (Å²) < 4.78 is 39.1. The Balaban J connectivity index is 1.14. The Morgan fingerprint density at radius 1 is 1.04 bits per heavy atom. The van der Waals surface area contributed by atoms with Crippen LogP contribution in [0, 0.1) is 24.5 Å². The average molecular weight is 748 g/mol. The lowest BCUT2D eigenvalue weighted by molar-refractivity contribution is -0.139. The van der Waals surface area contributed by atoms with Crippen LogP contribution < -0.4 is 14.8 Å². The van der Waals surface area contributed by atoms with Gasteiger partial charge in [0.1, 0.15) is 16.6 Å². The molecule has 3 aliphatic heterocycles. The number of fused-ring (bicyclic) bond motifs is 2. The Labute approximate surface area is 315 Å². The Kier molecular flexibility index (Phi) is 11.4. The van der Waals surface area contributed by atoms with Crippen LogP contribution in [0.25, 0.3) is 5.57 Å². The van der Waals surface area contributed by atoms with Crippen LogP contribution in [0.5, 0.6) is 11.5 Å². The summed E-state index contributed by atoms with van der Waals surface area (Å²) in [5, 5.41) is 13.3. The lowest BCUT2D eigenvalue weighted by Crippen LogP contribution is -2.56. The van der Waals surface area contributed by atoms with Gasteiger partial charge < -0.3 is 29.7 Å². The predicted octanol–water partition coefficient (Wildman–Crippen LogP) is 7.02. The number of benzene rings is 3. The first kappa shape index (κ1) is 37.3. The van der Waals surface area contributed by atoms with Crippen LogP contribution in [0.3, 0.4) is 0 Å². The van der Waals surface area contributed by atoms with Crippen LogP contribution in [-0.4, -0.2) is 77.8 Å². The molecule has 0 aromatic heterocycles. The van der Waals surface area contributed by atoms with Gasteiger partial charge in [-0.2, -0.15) is 0 Å². The Morgan fingerprint density at radius 2 is 1.81 bits per heavy atom. The van der Waals surface area contributed by atoms with Gasteiger partial charge >= 0.3 is 0 Å². The van der Waals surface area contributed by atoms with E-state index in [9.17, 15) is 23.5 Å². The third-order valence-electron chi connectivity index (χ3n) is 11.5. The van der Waals surface area contributed by atoms with E-state index in [0.29, 0.717) is 45.2 Å². The molecule has 1 aliphatic carbocycles. The molecular formula is C42H48ClF2N3O5. The molecule has 11 heteroatoms. The lowest BCUT2D eigenvalue weighted by atomic mass is 9.74. The highest BCUT2D eigenvalue weighted by atomic mass is 35.5. The molecule has 4 atom stereocenters. The number of hydrogen-bond donors (Lipinski definition) is 2. The summed E-state index contributed by atoms with van der Waals surface area (Å²) in [7, 11) is 1.66. The maximum absolute atomic E-state index is 15.0. The molecule has 282 valence electrons. The van der Waals surface area contributed by atoms with Crippen molar-refractivity contribution in [2.75, 3.05) is 26.9 Å². The molecule has 53 heavy (non-hydrogen) atoms. The van der Waals surface area contributed by atoms with E-state index in [2.05, 4.69) is 23.5 Å². The van der Waals surface area contributed by atoms with Crippen molar-refractivity contribution >= 4 is 29.0 Å². The maximum Gasteiger partial charge on any atom is 0.252 e. The van der Waals surface area contributed by atoms with Crippen LogP contribution >= 0.6 is 11.6 Å². The molecule has 3 heterocycles. The second kappa shape index (κ2) is 16.2. The molecule has 3 fully saturated rings. The number of methoxy groups -OCH3 is 1. The van der Waals surface area contributed by atoms with Crippen molar-refractivity contribution in [2.45, 2.75) is 95.4 Å². The van der Waals surface area contributed by atoms with E-state index in [1.54, 1.807) is 7.11 Å². The van der Waals surface area contributed by atoms with Gasteiger partial charge in [0, 0.05) is 42.7 Å². The normalized spacial score (nSPS) is 22.6. The first-order valence-electron chi connectivity index (χ1n) is 18.9. The van der Waals surface area contributed by atoms with Crippen molar-refractivity contribution in [2.24, 2.45) is 5.92 Å². The quantitative estimate of drug-likeness (QED) is 0.144. The molecule has 4 aliphatic rings. The molecule has 1 saturated carbocycles. The molecule has 3 aromatic carbocycles. The monoisotopic (exact) mass is 747 g/mol. The Bertz CT molecular complexity index is 1870. The van der Waals surface area contributed by atoms with Crippen LogP contribution in [-0.2, 0) is 22.6 Å². The van der Waals surface area contributed by atoms with Crippen molar-refractivity contribution in [3.8, 4) is 11.5 Å². The number of ether oxygens (including phenoxy) is 2. The largest absolute Gasteiger partial charge is 0.496 e. The second-order valence-electron chi connectivity index (χ2n) is 14.9. The summed E-state index contributed by atoms with van der Waals surface area (Å²) in [6, 6.07) is 15.9. The van der Waals surface area contributed by atoms with E-state index in [0.717, 1.165) is 77.0 Å². The van der Waals surface area contributed by atoms with Gasteiger partial charge in [0.05, 0.1) is 26.4 Å². The summed E-state index contributed by atoms with van der Waals surface area (Å²) >= 11 is 5.91. The molecular weight excluding hydrogens is 700 g/mol. The maximum atomic E-state index is 15.0. The summed E-state index contributed by atoms with van der Waals surface area (Å²) in [5.41, 5.74) is 5.85. The molecule has 2 bridgehead atoms. The van der Waals surface area contributed by atoms with Gasteiger partial charge in [-0.05, 0) is 111 Å². The van der Waals surface area contributed by atoms with Gasteiger partial charge in [0.15, 0.2) is 11.6 Å². The molecule has 8 nitrogen and oxygen atoms in total. The number of aliphatic hydroxyl groups is 1. The predicted molar refractivity (Wildman–Crippen MR) is 200 cm³/mol. The number of likely N-dealkylation sites (tertiary alicyclic amines) is 1. The number of piperidine rings is 1. The van der Waals surface area contributed by atoms with Crippen molar-refractivity contribution in [3.05, 3.63) is 99.1 Å². The molecule has 2 saturated heterocycles. The number of carbonyl (C=O) groups is 2. The number of rotatable bonds is 13. The fourth-order valence-electron chi connectivity index (χ4n) is 8.47. The van der Waals surface area contributed by atoms with E-state index in [1.807, 2.05) is 41.0 Å². The van der Waals surface area contributed by atoms with E-state index >= 15 is 0 Å². The molecule has 3 aromatic rings. The van der Waals surface area contributed by atoms with Gasteiger partial charge in [-0.1, -0.05) is 48.0 Å². The topological polar surface area (TPSA) is 91.3 Å². The number of nitrogens with zero attached hydrogens (tertiary/aromatic N) is 2. The molecule has 4 unspecified atom stereocenters. The van der Waals surface area contributed by atoms with E-state index in [-0.39, 0.29) is 65.9 Å². The number of halogens is 3. The number of amides is 2. The number of carbonyl (C=O) groups excluding carboxylic acids is 2. The number of aryl methyl sites for hydroxylation is 1. The highest BCUT2D eigenvalue weighted by molar-refractivity contribution is 6.32. The smallest absolute Gasteiger partial charge is 0.252 e. The Morgan fingerprint density at radius 3 is 2.55 bits per heavy atom. The number of nitrogens with one attached hydrogen (secondary N) is 1. The van der Waals surface area contributed by atoms with Crippen LogP contribution in [0.4, 0.5) is 8.78 Å². The third kappa shape index (κ3) is 7.96. The van der Waals surface area contributed by atoms with Crippen LogP contribution in [0.2, 0.25) is 5.02 Å². The van der Waals surface area contributed by atoms with E-state index < -0.39 is 11.6 Å². The van der Waals surface area contributed by atoms with Crippen LogP contribution in [0.15, 0.2) is 60.2 Å².